The van der Waals surface area contributed by atoms with Crippen molar-refractivity contribution in [1.82, 2.24) is 15.0 Å². The van der Waals surface area contributed by atoms with E-state index in [4.69, 9.17) is 4.42 Å². The van der Waals surface area contributed by atoms with Crippen molar-refractivity contribution in [3.63, 3.8) is 0 Å². The van der Waals surface area contributed by atoms with E-state index in [1.54, 1.807) is 23.9 Å². The topological polar surface area (TPSA) is 63.8 Å². The quantitative estimate of drug-likeness (QED) is 0.783. The lowest BCUT2D eigenvalue weighted by Crippen LogP contribution is -2.08. The molecule has 5 nitrogen and oxygen atoms in total. The molecule has 1 atom stereocenters. The van der Waals surface area contributed by atoms with Gasteiger partial charge in [-0.3, -0.25) is 0 Å². The molecule has 0 aliphatic heterocycles. The van der Waals surface area contributed by atoms with Crippen molar-refractivity contribution in [2.24, 2.45) is 0 Å². The van der Waals surface area contributed by atoms with Crippen molar-refractivity contribution >= 4 is 27.4 Å². The highest BCUT2D eigenvalue weighted by Gasteiger charge is 2.13. The van der Waals surface area contributed by atoms with Crippen molar-refractivity contribution in [3.8, 4) is 0 Å². The fourth-order valence-electron chi connectivity index (χ4n) is 1.74. The van der Waals surface area contributed by atoms with Crippen molar-refractivity contribution in [3.05, 3.63) is 35.6 Å². The molecule has 0 aromatic carbocycles. The minimum absolute atomic E-state index is 0.0308. The predicted octanol–water partition coefficient (Wildman–Crippen LogP) is 3.16. The number of anilines is 1. The third kappa shape index (κ3) is 1.95. The van der Waals surface area contributed by atoms with Crippen LogP contribution < -0.4 is 5.32 Å². The third-order valence-electron chi connectivity index (χ3n) is 2.62. The molecule has 0 radical (unpaired) electrons. The molecular formula is C12H12N4OS. The zero-order valence-corrected chi connectivity index (χ0v) is 10.9. The van der Waals surface area contributed by atoms with Crippen LogP contribution in [-0.2, 0) is 0 Å². The van der Waals surface area contributed by atoms with Crippen LogP contribution in [0.25, 0.3) is 10.2 Å². The van der Waals surface area contributed by atoms with Crippen LogP contribution in [0, 0.1) is 6.92 Å². The molecule has 0 saturated carbocycles. The summed E-state index contributed by atoms with van der Waals surface area (Å²) in [6.07, 6.45) is 3.28. The van der Waals surface area contributed by atoms with Crippen molar-refractivity contribution in [2.75, 3.05) is 5.32 Å². The molecule has 0 saturated heterocycles. The SMILES string of the molecule is Cc1cnc(C(C)Nc2ncnc3sccc23)o1. The summed E-state index contributed by atoms with van der Waals surface area (Å²) < 4.78 is 5.50. The highest BCUT2D eigenvalue weighted by Crippen LogP contribution is 2.26. The molecule has 0 spiro atoms. The minimum atomic E-state index is -0.0308. The fraction of sp³-hybridized carbons (Fsp3) is 0.250. The largest absolute Gasteiger partial charge is 0.444 e. The fourth-order valence-corrected chi connectivity index (χ4v) is 2.48. The van der Waals surface area contributed by atoms with Gasteiger partial charge in [-0.15, -0.1) is 11.3 Å². The summed E-state index contributed by atoms with van der Waals surface area (Å²) in [5.41, 5.74) is 0. The van der Waals surface area contributed by atoms with Crippen LogP contribution in [0.5, 0.6) is 0 Å². The van der Waals surface area contributed by atoms with E-state index < -0.39 is 0 Å². The van der Waals surface area contributed by atoms with Gasteiger partial charge in [0.2, 0.25) is 5.89 Å². The molecule has 0 amide bonds. The first-order valence-corrected chi connectivity index (χ1v) is 6.49. The summed E-state index contributed by atoms with van der Waals surface area (Å²) in [5, 5.41) is 6.33. The molecule has 3 rings (SSSR count). The number of aromatic nitrogens is 3. The third-order valence-corrected chi connectivity index (χ3v) is 3.45. The van der Waals surface area contributed by atoms with Gasteiger partial charge in [-0.05, 0) is 25.3 Å². The second-order valence-electron chi connectivity index (χ2n) is 4.04. The van der Waals surface area contributed by atoms with Gasteiger partial charge in [0, 0.05) is 0 Å². The van der Waals surface area contributed by atoms with Crippen LogP contribution in [0.15, 0.2) is 28.4 Å². The van der Waals surface area contributed by atoms with Crippen molar-refractivity contribution in [2.45, 2.75) is 19.9 Å². The average Bonchev–Trinajstić information content (AvgIpc) is 2.97. The molecule has 6 heteroatoms. The smallest absolute Gasteiger partial charge is 0.216 e. The maximum Gasteiger partial charge on any atom is 0.216 e. The molecule has 3 heterocycles. The average molecular weight is 260 g/mol. The van der Waals surface area contributed by atoms with Crippen molar-refractivity contribution < 1.29 is 4.42 Å². The van der Waals surface area contributed by atoms with Crippen LogP contribution in [0.2, 0.25) is 0 Å². The number of rotatable bonds is 3. The molecule has 3 aromatic rings. The summed E-state index contributed by atoms with van der Waals surface area (Å²) in [4.78, 5) is 13.7. The Morgan fingerprint density at radius 2 is 2.22 bits per heavy atom. The molecule has 92 valence electrons. The number of nitrogens with one attached hydrogen (secondary N) is 1. The number of aryl methyl sites for hydroxylation is 1. The second-order valence-corrected chi connectivity index (χ2v) is 4.93. The van der Waals surface area contributed by atoms with Gasteiger partial charge in [-0.2, -0.15) is 0 Å². The molecule has 3 aromatic heterocycles. The first-order chi connectivity index (χ1) is 8.74. The lowest BCUT2D eigenvalue weighted by atomic mass is 10.3. The summed E-state index contributed by atoms with van der Waals surface area (Å²) >= 11 is 1.60. The summed E-state index contributed by atoms with van der Waals surface area (Å²) in [6.45, 7) is 3.87. The zero-order valence-electron chi connectivity index (χ0n) is 10.0. The van der Waals surface area contributed by atoms with Crippen LogP contribution in [0.4, 0.5) is 5.82 Å². The Hall–Kier alpha value is -1.95. The first kappa shape index (κ1) is 11.2. The molecule has 18 heavy (non-hydrogen) atoms. The maximum atomic E-state index is 5.50. The van der Waals surface area contributed by atoms with Gasteiger partial charge in [0.1, 0.15) is 28.8 Å². The van der Waals surface area contributed by atoms with E-state index >= 15 is 0 Å². The van der Waals surface area contributed by atoms with Crippen LogP contribution in [0.3, 0.4) is 0 Å². The van der Waals surface area contributed by atoms with Crippen LogP contribution in [-0.4, -0.2) is 15.0 Å². The maximum absolute atomic E-state index is 5.50. The van der Waals surface area contributed by atoms with Crippen LogP contribution in [0.1, 0.15) is 24.6 Å². The van der Waals surface area contributed by atoms with E-state index in [1.165, 1.54) is 0 Å². The van der Waals surface area contributed by atoms with Gasteiger partial charge < -0.3 is 9.73 Å². The van der Waals surface area contributed by atoms with Gasteiger partial charge in [0.25, 0.3) is 0 Å². The Kier molecular flexibility index (Phi) is 2.71. The Morgan fingerprint density at radius 1 is 1.33 bits per heavy atom. The number of hydrogen-bond acceptors (Lipinski definition) is 6. The molecule has 0 fully saturated rings. The zero-order chi connectivity index (χ0) is 12.5. The molecule has 1 unspecified atom stereocenters. The number of thiophene rings is 1. The van der Waals surface area contributed by atoms with E-state index in [9.17, 15) is 0 Å². The Morgan fingerprint density at radius 3 is 3.00 bits per heavy atom. The second kappa shape index (κ2) is 4.38. The molecular weight excluding hydrogens is 248 g/mol. The number of nitrogens with zero attached hydrogens (tertiary/aromatic N) is 3. The van der Waals surface area contributed by atoms with E-state index in [2.05, 4.69) is 20.3 Å². The van der Waals surface area contributed by atoms with Gasteiger partial charge in [-0.1, -0.05) is 0 Å². The van der Waals surface area contributed by atoms with Crippen molar-refractivity contribution in [1.29, 1.82) is 0 Å². The Labute approximate surface area is 108 Å². The van der Waals surface area contributed by atoms with Crippen LogP contribution >= 0.6 is 11.3 Å². The summed E-state index contributed by atoms with van der Waals surface area (Å²) in [7, 11) is 0. The lowest BCUT2D eigenvalue weighted by molar-refractivity contribution is 0.453. The van der Waals surface area contributed by atoms with Gasteiger partial charge in [-0.25, -0.2) is 15.0 Å². The van der Waals surface area contributed by atoms with Gasteiger partial charge in [0.05, 0.1) is 11.6 Å². The molecule has 0 bridgehead atoms. The standard InChI is InChI=1S/C12H12N4OS/c1-7-5-13-11(17-7)8(2)16-10-9-3-4-18-12(9)15-6-14-10/h3-6,8H,1-2H3,(H,14,15,16). The minimum Gasteiger partial charge on any atom is -0.444 e. The number of oxazole rings is 1. The predicted molar refractivity (Wildman–Crippen MR) is 70.7 cm³/mol. The summed E-state index contributed by atoms with van der Waals surface area (Å²) in [5.74, 6) is 2.28. The van der Waals surface area contributed by atoms with E-state index in [0.29, 0.717) is 5.89 Å². The Bertz CT molecular complexity index is 675. The van der Waals surface area contributed by atoms with E-state index in [1.807, 2.05) is 25.3 Å². The number of hydrogen-bond donors (Lipinski definition) is 1. The first-order valence-electron chi connectivity index (χ1n) is 5.61. The molecule has 0 aliphatic carbocycles. The molecule has 0 aliphatic rings. The highest BCUT2D eigenvalue weighted by atomic mass is 32.1. The highest BCUT2D eigenvalue weighted by molar-refractivity contribution is 7.16. The molecule has 1 N–H and O–H groups in total. The van der Waals surface area contributed by atoms with Gasteiger partial charge in [0.15, 0.2) is 0 Å². The van der Waals surface area contributed by atoms with E-state index in [-0.39, 0.29) is 6.04 Å². The normalized spacial score (nSPS) is 12.8. The number of fused-ring (bicyclic) bond motifs is 1. The van der Waals surface area contributed by atoms with E-state index in [0.717, 1.165) is 21.8 Å². The van der Waals surface area contributed by atoms with Gasteiger partial charge >= 0.3 is 0 Å². The lowest BCUT2D eigenvalue weighted by Gasteiger charge is -2.11. The monoisotopic (exact) mass is 260 g/mol. The Balaban J connectivity index is 1.90. The summed E-state index contributed by atoms with van der Waals surface area (Å²) in [6, 6.07) is 1.98.